The number of hydrogen-bond acceptors (Lipinski definition) is 2. The largest absolute Gasteiger partial charge is 0.297 e. The lowest BCUT2D eigenvalue weighted by molar-refractivity contribution is -0.117. The maximum absolute atomic E-state index is 11.5. The number of amides is 1. The van der Waals surface area contributed by atoms with Crippen molar-refractivity contribution in [3.63, 3.8) is 0 Å². The number of anilines is 1. The quantitative estimate of drug-likeness (QED) is 0.697. The van der Waals surface area contributed by atoms with Crippen LogP contribution >= 0.6 is 11.6 Å². The Kier molecular flexibility index (Phi) is 2.33. The summed E-state index contributed by atoms with van der Waals surface area (Å²) >= 11 is 5.67. The molecule has 1 fully saturated rings. The highest BCUT2D eigenvalue weighted by molar-refractivity contribution is 6.18. The second-order valence-corrected chi connectivity index (χ2v) is 3.68. The van der Waals surface area contributed by atoms with Crippen LogP contribution in [0.3, 0.4) is 0 Å². The minimum Gasteiger partial charge on any atom is -0.297 e. The zero-order chi connectivity index (χ0) is 10.1. The maximum Gasteiger partial charge on any atom is 0.266 e. The number of aromatic nitrogens is 2. The van der Waals surface area contributed by atoms with Crippen LogP contribution in [-0.2, 0) is 4.79 Å². The smallest absolute Gasteiger partial charge is 0.266 e. The molecule has 1 aromatic rings. The van der Waals surface area contributed by atoms with E-state index in [0.29, 0.717) is 24.7 Å². The van der Waals surface area contributed by atoms with Crippen LogP contribution in [0.1, 0.15) is 6.42 Å². The second kappa shape index (κ2) is 3.49. The summed E-state index contributed by atoms with van der Waals surface area (Å²) in [5.41, 5.74) is -0.234. The van der Waals surface area contributed by atoms with E-state index in [9.17, 15) is 9.59 Å². The Morgan fingerprint density at radius 3 is 2.79 bits per heavy atom. The first-order valence-corrected chi connectivity index (χ1v) is 4.88. The highest BCUT2D eigenvalue weighted by Gasteiger charge is 2.30. The number of alkyl halides is 1. The molecule has 0 saturated carbocycles. The van der Waals surface area contributed by atoms with Crippen LogP contribution in [0.2, 0.25) is 0 Å². The molecule has 1 atom stereocenters. The van der Waals surface area contributed by atoms with Crippen molar-refractivity contribution in [3.8, 4) is 0 Å². The number of hydrogen-bond donors (Lipinski definition) is 2. The number of carbonyl (C=O) groups excluding carboxylic acids is 1. The van der Waals surface area contributed by atoms with Gasteiger partial charge in [0.15, 0.2) is 0 Å². The molecular formula is C8H10ClN3O2. The molecule has 5 nitrogen and oxygen atoms in total. The number of rotatable bonds is 2. The zero-order valence-corrected chi connectivity index (χ0v) is 8.17. The topological polar surface area (TPSA) is 69.0 Å². The van der Waals surface area contributed by atoms with Crippen LogP contribution in [-0.4, -0.2) is 28.5 Å². The van der Waals surface area contributed by atoms with Crippen molar-refractivity contribution in [2.45, 2.75) is 6.42 Å². The molecule has 76 valence electrons. The molecule has 0 spiro atoms. The van der Waals surface area contributed by atoms with Crippen molar-refractivity contribution in [2.75, 3.05) is 17.3 Å². The van der Waals surface area contributed by atoms with Crippen LogP contribution in [0.4, 0.5) is 5.82 Å². The summed E-state index contributed by atoms with van der Waals surface area (Å²) in [5, 5.41) is 5.04. The summed E-state index contributed by atoms with van der Waals surface area (Å²) in [6, 6.07) is 1.37. The lowest BCUT2D eigenvalue weighted by atomic mass is 10.2. The number of nitrogens with one attached hydrogen (secondary N) is 2. The van der Waals surface area contributed by atoms with Gasteiger partial charge in [0.25, 0.3) is 5.56 Å². The molecule has 0 radical (unpaired) electrons. The minimum absolute atomic E-state index is 0.00546. The average Bonchev–Trinajstić information content (AvgIpc) is 2.71. The van der Waals surface area contributed by atoms with E-state index in [2.05, 4.69) is 10.2 Å². The molecule has 0 aliphatic carbocycles. The normalized spacial score (nSPS) is 21.9. The molecule has 1 aliphatic heterocycles. The fourth-order valence-corrected chi connectivity index (χ4v) is 1.79. The van der Waals surface area contributed by atoms with Gasteiger partial charge in [-0.3, -0.25) is 24.7 Å². The predicted octanol–water partition coefficient (Wildman–Crippen LogP) is 0.295. The van der Waals surface area contributed by atoms with E-state index in [0.717, 1.165) is 0 Å². The van der Waals surface area contributed by atoms with E-state index < -0.39 is 0 Å². The van der Waals surface area contributed by atoms with E-state index in [1.165, 1.54) is 6.07 Å². The van der Waals surface area contributed by atoms with Gasteiger partial charge in [0.1, 0.15) is 5.82 Å². The maximum atomic E-state index is 11.5. The van der Waals surface area contributed by atoms with Crippen LogP contribution in [0.15, 0.2) is 10.9 Å². The van der Waals surface area contributed by atoms with Gasteiger partial charge in [-0.2, -0.15) is 0 Å². The van der Waals surface area contributed by atoms with Gasteiger partial charge < -0.3 is 0 Å². The van der Waals surface area contributed by atoms with E-state index in [1.54, 1.807) is 4.90 Å². The molecule has 2 rings (SSSR count). The Hall–Kier alpha value is -1.23. The highest BCUT2D eigenvalue weighted by atomic mass is 35.5. The fraction of sp³-hybridized carbons (Fsp3) is 0.500. The van der Waals surface area contributed by atoms with Crippen molar-refractivity contribution in [1.82, 2.24) is 10.2 Å². The number of carbonyl (C=O) groups is 1. The third-order valence-corrected chi connectivity index (χ3v) is 2.73. The lowest BCUT2D eigenvalue weighted by Gasteiger charge is -2.12. The minimum atomic E-state index is -0.234. The Morgan fingerprint density at radius 2 is 2.29 bits per heavy atom. The first kappa shape index (κ1) is 9.33. The van der Waals surface area contributed by atoms with Crippen LogP contribution in [0.25, 0.3) is 0 Å². The zero-order valence-electron chi connectivity index (χ0n) is 7.42. The van der Waals surface area contributed by atoms with Gasteiger partial charge in [-0.25, -0.2) is 0 Å². The summed E-state index contributed by atoms with van der Waals surface area (Å²) in [6.07, 6.45) is 0.455. The molecule has 0 aromatic carbocycles. The molecule has 14 heavy (non-hydrogen) atoms. The van der Waals surface area contributed by atoms with E-state index in [-0.39, 0.29) is 17.4 Å². The van der Waals surface area contributed by atoms with Gasteiger partial charge in [0.2, 0.25) is 5.91 Å². The Bertz CT molecular complexity index is 397. The summed E-state index contributed by atoms with van der Waals surface area (Å²) in [4.78, 5) is 23.9. The molecule has 6 heteroatoms. The third kappa shape index (κ3) is 1.55. The van der Waals surface area contributed by atoms with Gasteiger partial charge in [0, 0.05) is 24.9 Å². The van der Waals surface area contributed by atoms with Crippen LogP contribution in [0.5, 0.6) is 0 Å². The van der Waals surface area contributed by atoms with Crippen molar-refractivity contribution < 1.29 is 4.79 Å². The Balaban J connectivity index is 2.20. The first-order valence-electron chi connectivity index (χ1n) is 4.34. The second-order valence-electron chi connectivity index (χ2n) is 3.37. The summed E-state index contributed by atoms with van der Waals surface area (Å²) in [6.45, 7) is 0.579. The number of halogens is 1. The van der Waals surface area contributed by atoms with Crippen molar-refractivity contribution >= 4 is 23.3 Å². The van der Waals surface area contributed by atoms with E-state index in [4.69, 9.17) is 11.6 Å². The molecule has 1 saturated heterocycles. The highest BCUT2D eigenvalue weighted by Crippen LogP contribution is 2.22. The molecule has 1 aromatic heterocycles. The molecule has 2 heterocycles. The first-order chi connectivity index (χ1) is 6.70. The molecule has 0 bridgehead atoms. The van der Waals surface area contributed by atoms with Crippen LogP contribution in [0, 0.1) is 5.92 Å². The summed E-state index contributed by atoms with van der Waals surface area (Å²) in [5.74, 6) is 1.18. The monoisotopic (exact) mass is 215 g/mol. The van der Waals surface area contributed by atoms with Gasteiger partial charge >= 0.3 is 0 Å². The van der Waals surface area contributed by atoms with Crippen molar-refractivity contribution in [1.29, 1.82) is 0 Å². The number of H-pyrrole nitrogens is 2. The molecule has 1 unspecified atom stereocenters. The number of nitrogens with zero attached hydrogens (tertiary/aromatic N) is 1. The number of aromatic amines is 2. The Labute approximate surface area is 85.0 Å². The molecule has 1 amide bonds. The standard InChI is InChI=1S/C8H10ClN3O2/c9-3-5-1-8(14)12(4-5)6-2-7(13)11-10-6/h2,5H,1,3-4H2,(H2,10,11,13). The fourth-order valence-electron chi connectivity index (χ4n) is 1.59. The van der Waals surface area contributed by atoms with Crippen LogP contribution < -0.4 is 10.5 Å². The van der Waals surface area contributed by atoms with Gasteiger partial charge in [-0.15, -0.1) is 11.6 Å². The lowest BCUT2D eigenvalue weighted by Crippen LogP contribution is -2.25. The molecule has 1 aliphatic rings. The molecular weight excluding hydrogens is 206 g/mol. The van der Waals surface area contributed by atoms with Gasteiger partial charge in [-0.05, 0) is 5.92 Å². The van der Waals surface area contributed by atoms with Gasteiger partial charge in [0.05, 0.1) is 0 Å². The molecule has 2 N–H and O–H groups in total. The van der Waals surface area contributed by atoms with E-state index in [1.807, 2.05) is 0 Å². The predicted molar refractivity (Wildman–Crippen MR) is 52.6 cm³/mol. The SMILES string of the molecule is O=C1CC(CCl)CN1c1cc(=O)[nH][nH]1. The van der Waals surface area contributed by atoms with Crippen molar-refractivity contribution in [3.05, 3.63) is 16.4 Å². The van der Waals surface area contributed by atoms with Crippen molar-refractivity contribution in [2.24, 2.45) is 5.92 Å². The summed E-state index contributed by atoms with van der Waals surface area (Å²) in [7, 11) is 0. The van der Waals surface area contributed by atoms with E-state index >= 15 is 0 Å². The Morgan fingerprint density at radius 1 is 1.50 bits per heavy atom. The third-order valence-electron chi connectivity index (χ3n) is 2.30. The average molecular weight is 216 g/mol. The summed E-state index contributed by atoms with van der Waals surface area (Å²) < 4.78 is 0. The van der Waals surface area contributed by atoms with Gasteiger partial charge in [-0.1, -0.05) is 0 Å².